The number of amides is 4. The van der Waals surface area contributed by atoms with Crippen LogP contribution in [0.4, 0.5) is 9.59 Å². The third-order valence-corrected chi connectivity index (χ3v) is 12.9. The van der Waals surface area contributed by atoms with Crippen LogP contribution in [0.2, 0.25) is 0 Å². The predicted octanol–water partition coefficient (Wildman–Crippen LogP) is 5.48. The van der Waals surface area contributed by atoms with Crippen LogP contribution in [0.1, 0.15) is 76.1 Å². The second kappa shape index (κ2) is 14.8. The molecule has 0 unspecified atom stereocenters. The maximum absolute atomic E-state index is 14.2. The van der Waals surface area contributed by atoms with E-state index in [0.29, 0.717) is 37.9 Å². The SMILES string of the molecule is COC(=O)N[C@H](C(=O)N1[C@@H]2C[C@@H]2C[C@H]1c1ncc(-c2ccc3cc(-c4cnc([C@@H]5C[C@H]6C[C@H]6N5C(=O)[C@@H](NC(=O)OC)C5CCOCC5)[nH]4)ccc3c2)[nH]1)C(C)C. The number of carbonyl (C=O) groups is 4. The predicted molar refractivity (Wildman–Crippen MR) is 208 cm³/mol. The van der Waals surface area contributed by atoms with Gasteiger partial charge in [-0.05, 0) is 85.1 Å². The molecule has 57 heavy (non-hydrogen) atoms. The monoisotopic (exact) mass is 778 g/mol. The van der Waals surface area contributed by atoms with Crippen molar-refractivity contribution < 1.29 is 33.4 Å². The molecule has 5 aliphatic rings. The molecular weight excluding hydrogens is 729 g/mol. The Hall–Kier alpha value is -5.44. The van der Waals surface area contributed by atoms with E-state index in [1.54, 1.807) is 0 Å². The minimum atomic E-state index is -0.684. The Bertz CT molecular complexity index is 2190. The van der Waals surface area contributed by atoms with Gasteiger partial charge in [0.05, 0.1) is 50.1 Å². The lowest BCUT2D eigenvalue weighted by molar-refractivity contribution is -0.138. The first kappa shape index (κ1) is 37.2. The number of rotatable bonds is 10. The van der Waals surface area contributed by atoms with Gasteiger partial charge in [-0.25, -0.2) is 19.6 Å². The normalized spacial score (nSPS) is 26.1. The van der Waals surface area contributed by atoms with Crippen LogP contribution >= 0.6 is 0 Å². The van der Waals surface area contributed by atoms with E-state index in [1.165, 1.54) is 14.2 Å². The lowest BCUT2D eigenvalue weighted by Crippen LogP contribution is -2.54. The second-order valence-electron chi connectivity index (χ2n) is 16.7. The van der Waals surface area contributed by atoms with Gasteiger partial charge in [0.25, 0.3) is 0 Å². The molecule has 0 spiro atoms. The quantitative estimate of drug-likeness (QED) is 0.162. The molecule has 15 nitrogen and oxygen atoms in total. The summed E-state index contributed by atoms with van der Waals surface area (Å²) >= 11 is 0. The molecule has 3 aliphatic heterocycles. The molecule has 2 aliphatic carbocycles. The molecule has 4 N–H and O–H groups in total. The third kappa shape index (κ3) is 6.99. The summed E-state index contributed by atoms with van der Waals surface area (Å²) < 4.78 is 15.3. The average molecular weight is 779 g/mol. The fourth-order valence-corrected chi connectivity index (χ4v) is 9.56. The number of nitrogens with zero attached hydrogens (tertiary/aromatic N) is 4. The van der Waals surface area contributed by atoms with E-state index in [9.17, 15) is 19.2 Å². The Morgan fingerprint density at radius 3 is 1.75 bits per heavy atom. The number of hydrogen-bond acceptors (Lipinski definition) is 9. The summed E-state index contributed by atoms with van der Waals surface area (Å²) in [5.41, 5.74) is 3.70. The molecule has 300 valence electrons. The van der Waals surface area contributed by atoms with Gasteiger partial charge in [-0.15, -0.1) is 0 Å². The molecule has 2 aromatic carbocycles. The summed E-state index contributed by atoms with van der Waals surface area (Å²) in [7, 11) is 2.62. The first-order valence-corrected chi connectivity index (χ1v) is 20.2. The van der Waals surface area contributed by atoms with Gasteiger partial charge >= 0.3 is 12.2 Å². The maximum Gasteiger partial charge on any atom is 0.407 e. The highest BCUT2D eigenvalue weighted by atomic mass is 16.5. The number of carbonyl (C=O) groups excluding carboxylic acids is 4. The summed E-state index contributed by atoms with van der Waals surface area (Å²) in [6.45, 7) is 4.96. The van der Waals surface area contributed by atoms with Crippen LogP contribution in [0, 0.1) is 23.7 Å². The number of aromatic nitrogens is 4. The molecule has 4 aromatic rings. The average Bonchev–Trinajstić information content (AvgIpc) is 3.81. The fraction of sp³-hybridized carbons (Fsp3) is 0.524. The first-order chi connectivity index (χ1) is 27.6. The molecule has 2 saturated carbocycles. The van der Waals surface area contributed by atoms with Crippen molar-refractivity contribution >= 4 is 34.8 Å². The van der Waals surface area contributed by atoms with Crippen LogP contribution in [-0.2, 0) is 23.8 Å². The number of methoxy groups -OCH3 is 2. The zero-order chi connectivity index (χ0) is 39.5. The van der Waals surface area contributed by atoms with Crippen molar-refractivity contribution in [2.24, 2.45) is 23.7 Å². The van der Waals surface area contributed by atoms with E-state index >= 15 is 0 Å². The summed E-state index contributed by atoms with van der Waals surface area (Å²) in [4.78, 5) is 73.0. The van der Waals surface area contributed by atoms with Gasteiger partial charge in [-0.2, -0.15) is 0 Å². The number of nitrogens with one attached hydrogen (secondary N) is 4. The highest BCUT2D eigenvalue weighted by Gasteiger charge is 2.57. The molecular formula is C42H50N8O7. The number of alkyl carbamates (subject to hydrolysis) is 2. The van der Waals surface area contributed by atoms with Crippen molar-refractivity contribution in [2.75, 3.05) is 27.4 Å². The van der Waals surface area contributed by atoms with Crippen LogP contribution < -0.4 is 10.6 Å². The second-order valence-corrected chi connectivity index (χ2v) is 16.7. The minimum Gasteiger partial charge on any atom is -0.453 e. The molecule has 0 radical (unpaired) electrons. The van der Waals surface area contributed by atoms with Gasteiger partial charge in [-0.1, -0.05) is 38.1 Å². The summed E-state index contributed by atoms with van der Waals surface area (Å²) in [6, 6.07) is 11.1. The van der Waals surface area contributed by atoms with Crippen LogP contribution in [0.25, 0.3) is 33.3 Å². The van der Waals surface area contributed by atoms with Gasteiger partial charge in [0, 0.05) is 36.4 Å². The Balaban J connectivity index is 0.909. The number of piperidine rings is 2. The van der Waals surface area contributed by atoms with Crippen molar-refractivity contribution in [2.45, 2.75) is 88.6 Å². The smallest absolute Gasteiger partial charge is 0.407 e. The number of imidazole rings is 2. The number of H-pyrrole nitrogens is 2. The Kier molecular flexibility index (Phi) is 9.66. The van der Waals surface area contributed by atoms with Crippen molar-refractivity contribution in [3.05, 3.63) is 60.4 Å². The molecule has 15 heteroatoms. The maximum atomic E-state index is 14.2. The van der Waals surface area contributed by atoms with E-state index < -0.39 is 24.3 Å². The Labute approximate surface area is 330 Å². The van der Waals surface area contributed by atoms with E-state index in [0.717, 1.165) is 70.6 Å². The van der Waals surface area contributed by atoms with Crippen molar-refractivity contribution in [1.29, 1.82) is 0 Å². The summed E-state index contributed by atoms with van der Waals surface area (Å²) in [5, 5.41) is 7.71. The number of benzene rings is 2. The zero-order valence-corrected chi connectivity index (χ0v) is 32.7. The minimum absolute atomic E-state index is 0.0240. The molecule has 4 amide bonds. The highest BCUT2D eigenvalue weighted by Crippen LogP contribution is 2.54. The van der Waals surface area contributed by atoms with Crippen molar-refractivity contribution in [3.8, 4) is 22.5 Å². The van der Waals surface area contributed by atoms with Crippen LogP contribution in [0.5, 0.6) is 0 Å². The largest absolute Gasteiger partial charge is 0.453 e. The van der Waals surface area contributed by atoms with E-state index in [2.05, 4.69) is 57.0 Å². The molecule has 5 fully saturated rings. The standard InChI is InChI=1S/C42H50N8O7/c1-21(2)35(47-41(53)55-3)39(51)49-31-15-27(31)17-33(49)37-43-19-29(45-37)25-7-5-24-14-26(8-6-23(24)13-25)30-20-44-38(46-30)34-18-28-16-32(28)50(34)40(52)36(48-42(54)56-4)22-9-11-57-12-10-22/h5-8,13-14,19-22,27-28,31-36H,9-12,15-18H2,1-4H3,(H,43,45)(H,44,46)(H,47,53)(H,48,54)/t27-,28-,31-,32-,33+,34+,35+,36+/m1/s1. The molecule has 2 aromatic heterocycles. The van der Waals surface area contributed by atoms with Gasteiger partial charge < -0.3 is 44.6 Å². The van der Waals surface area contributed by atoms with Gasteiger partial charge in [0.2, 0.25) is 11.8 Å². The van der Waals surface area contributed by atoms with E-state index in [1.807, 2.05) is 36.0 Å². The number of fused-ring (bicyclic) bond motifs is 3. The third-order valence-electron chi connectivity index (χ3n) is 12.9. The Morgan fingerprint density at radius 2 is 1.25 bits per heavy atom. The number of aromatic amines is 2. The molecule has 5 heterocycles. The summed E-state index contributed by atoms with van der Waals surface area (Å²) in [6.07, 6.45) is 7.45. The fourth-order valence-electron chi connectivity index (χ4n) is 9.56. The lowest BCUT2D eigenvalue weighted by atomic mass is 9.90. The van der Waals surface area contributed by atoms with Crippen LogP contribution in [-0.4, -0.2) is 105 Å². The first-order valence-electron chi connectivity index (χ1n) is 20.2. The molecule has 0 bridgehead atoms. The van der Waals surface area contributed by atoms with Crippen LogP contribution in [0.3, 0.4) is 0 Å². The molecule has 3 saturated heterocycles. The topological polar surface area (TPSA) is 184 Å². The molecule has 9 rings (SSSR count). The Morgan fingerprint density at radius 1 is 0.737 bits per heavy atom. The van der Waals surface area contributed by atoms with Gasteiger partial charge in [0.1, 0.15) is 23.7 Å². The van der Waals surface area contributed by atoms with Gasteiger partial charge in [0.15, 0.2) is 0 Å². The van der Waals surface area contributed by atoms with Crippen LogP contribution in [0.15, 0.2) is 48.8 Å². The zero-order valence-electron chi connectivity index (χ0n) is 32.7. The van der Waals surface area contributed by atoms with Crippen molar-refractivity contribution in [3.63, 3.8) is 0 Å². The van der Waals surface area contributed by atoms with E-state index in [4.69, 9.17) is 24.2 Å². The highest BCUT2D eigenvalue weighted by molar-refractivity contribution is 5.91. The number of hydrogen-bond donors (Lipinski definition) is 4. The van der Waals surface area contributed by atoms with Crippen molar-refractivity contribution in [1.82, 2.24) is 40.4 Å². The summed E-state index contributed by atoms with van der Waals surface area (Å²) in [5.74, 6) is 2.05. The number of ether oxygens (including phenoxy) is 3. The lowest BCUT2D eigenvalue weighted by Gasteiger charge is -2.35. The van der Waals surface area contributed by atoms with E-state index in [-0.39, 0.29) is 47.8 Å². The molecule has 8 atom stereocenters. The number of likely N-dealkylation sites (tertiary alicyclic amines) is 2. The van der Waals surface area contributed by atoms with Gasteiger partial charge in [-0.3, -0.25) is 9.59 Å².